The number of allylic oxidation sites excluding steroid dienone is 1. The Labute approximate surface area is 121 Å². The van der Waals surface area contributed by atoms with Crippen molar-refractivity contribution in [2.45, 2.75) is 25.7 Å². The second kappa shape index (κ2) is 6.58. The average Bonchev–Trinajstić information content (AvgIpc) is 2.45. The average molecular weight is 290 g/mol. The Bertz CT molecular complexity index is 575. The molecule has 0 aliphatic carbocycles. The number of hydrogen-bond donors (Lipinski definition) is 1. The molecular formula is C15H15FN2OS. The molecular weight excluding hydrogens is 275 g/mol. The second-order valence-electron chi connectivity index (χ2n) is 4.56. The van der Waals surface area contributed by atoms with Crippen LogP contribution in [0.3, 0.4) is 0 Å². The molecule has 0 aromatic heterocycles. The maximum atomic E-state index is 13.0. The van der Waals surface area contributed by atoms with Crippen LogP contribution in [0.1, 0.15) is 31.2 Å². The highest BCUT2D eigenvalue weighted by molar-refractivity contribution is 8.03. The van der Waals surface area contributed by atoms with Crippen molar-refractivity contribution < 1.29 is 9.18 Å². The lowest BCUT2D eigenvalue weighted by molar-refractivity contribution is -0.120. The number of hydrogen-bond acceptors (Lipinski definition) is 3. The van der Waals surface area contributed by atoms with E-state index in [9.17, 15) is 14.4 Å². The van der Waals surface area contributed by atoms with Crippen LogP contribution >= 0.6 is 11.8 Å². The first-order valence-electron chi connectivity index (χ1n) is 6.48. The van der Waals surface area contributed by atoms with Gasteiger partial charge < -0.3 is 5.32 Å². The van der Waals surface area contributed by atoms with Crippen molar-refractivity contribution in [2.75, 3.05) is 5.75 Å². The van der Waals surface area contributed by atoms with Crippen molar-refractivity contribution in [3.63, 3.8) is 0 Å². The van der Waals surface area contributed by atoms with E-state index in [0.29, 0.717) is 10.6 Å². The van der Waals surface area contributed by atoms with Crippen LogP contribution in [0, 0.1) is 17.1 Å². The Hall–Kier alpha value is -1.80. The summed E-state index contributed by atoms with van der Waals surface area (Å²) in [6.45, 7) is 2.04. The molecule has 20 heavy (non-hydrogen) atoms. The number of rotatable bonds is 4. The van der Waals surface area contributed by atoms with Crippen LogP contribution in [-0.2, 0) is 4.79 Å². The third-order valence-corrected chi connectivity index (χ3v) is 4.30. The summed E-state index contributed by atoms with van der Waals surface area (Å²) in [4.78, 5) is 11.8. The molecule has 1 N–H and O–H groups in total. The van der Waals surface area contributed by atoms with Crippen molar-refractivity contribution in [1.29, 1.82) is 5.26 Å². The van der Waals surface area contributed by atoms with Gasteiger partial charge in [-0.2, -0.15) is 5.26 Å². The number of amides is 1. The standard InChI is InChI=1S/C15H15FN2OS/c1-2-7-20-15-13(9-17)12(8-14(19)18-15)10-3-5-11(16)6-4-10/h3-6,12H,2,7-8H2,1H3,(H,18,19)/t12-/m1/s1. The normalized spacial score (nSPS) is 18.6. The molecule has 0 spiro atoms. The van der Waals surface area contributed by atoms with Gasteiger partial charge in [0.15, 0.2) is 0 Å². The van der Waals surface area contributed by atoms with E-state index in [2.05, 4.69) is 11.4 Å². The molecule has 1 aliphatic heterocycles. The van der Waals surface area contributed by atoms with Gasteiger partial charge in [-0.1, -0.05) is 19.1 Å². The number of carbonyl (C=O) groups excluding carboxylic acids is 1. The molecule has 1 aromatic rings. The Balaban J connectivity index is 2.37. The van der Waals surface area contributed by atoms with E-state index >= 15 is 0 Å². The summed E-state index contributed by atoms with van der Waals surface area (Å²) in [6.07, 6.45) is 1.19. The number of nitrogens with zero attached hydrogens (tertiary/aromatic N) is 1. The van der Waals surface area contributed by atoms with Gasteiger partial charge in [-0.05, 0) is 29.9 Å². The summed E-state index contributed by atoms with van der Waals surface area (Å²) in [5.41, 5.74) is 1.36. The zero-order chi connectivity index (χ0) is 14.5. The molecule has 0 fully saturated rings. The van der Waals surface area contributed by atoms with Crippen molar-refractivity contribution in [2.24, 2.45) is 0 Å². The summed E-state index contributed by atoms with van der Waals surface area (Å²) >= 11 is 1.49. The van der Waals surface area contributed by atoms with Crippen LogP contribution < -0.4 is 5.32 Å². The molecule has 1 amide bonds. The fraction of sp³-hybridized carbons (Fsp3) is 0.333. The predicted octanol–water partition coefficient (Wildman–Crippen LogP) is 3.31. The Morgan fingerprint density at radius 1 is 1.45 bits per heavy atom. The molecule has 5 heteroatoms. The SMILES string of the molecule is CCCSC1=C(C#N)[C@@H](c2ccc(F)cc2)CC(=O)N1. The monoisotopic (exact) mass is 290 g/mol. The molecule has 0 radical (unpaired) electrons. The van der Waals surface area contributed by atoms with E-state index in [-0.39, 0.29) is 24.1 Å². The lowest BCUT2D eigenvalue weighted by Crippen LogP contribution is -2.30. The van der Waals surface area contributed by atoms with Gasteiger partial charge in [0, 0.05) is 12.3 Å². The van der Waals surface area contributed by atoms with Crippen LogP contribution in [0.5, 0.6) is 0 Å². The van der Waals surface area contributed by atoms with Crippen LogP contribution in [0.15, 0.2) is 34.9 Å². The molecule has 104 valence electrons. The van der Waals surface area contributed by atoms with Gasteiger partial charge >= 0.3 is 0 Å². The maximum Gasteiger partial charge on any atom is 0.225 e. The highest BCUT2D eigenvalue weighted by atomic mass is 32.2. The van der Waals surface area contributed by atoms with Gasteiger partial charge in [-0.15, -0.1) is 11.8 Å². The van der Waals surface area contributed by atoms with E-state index in [1.54, 1.807) is 12.1 Å². The van der Waals surface area contributed by atoms with Crippen molar-refractivity contribution in [3.05, 3.63) is 46.2 Å². The highest BCUT2D eigenvalue weighted by Crippen LogP contribution is 2.35. The fourth-order valence-corrected chi connectivity index (χ4v) is 3.05. The molecule has 1 heterocycles. The largest absolute Gasteiger partial charge is 0.320 e. The lowest BCUT2D eigenvalue weighted by Gasteiger charge is -2.25. The molecule has 3 nitrogen and oxygen atoms in total. The number of benzene rings is 1. The van der Waals surface area contributed by atoms with E-state index in [0.717, 1.165) is 17.7 Å². The Morgan fingerprint density at radius 2 is 2.15 bits per heavy atom. The molecule has 2 rings (SSSR count). The van der Waals surface area contributed by atoms with Crippen molar-refractivity contribution in [1.82, 2.24) is 5.32 Å². The van der Waals surface area contributed by atoms with Crippen LogP contribution in [0.25, 0.3) is 0 Å². The molecule has 1 aromatic carbocycles. The number of nitriles is 1. The molecule has 1 atom stereocenters. The zero-order valence-electron chi connectivity index (χ0n) is 11.1. The van der Waals surface area contributed by atoms with Crippen molar-refractivity contribution in [3.8, 4) is 6.07 Å². The molecule has 1 aliphatic rings. The minimum Gasteiger partial charge on any atom is -0.320 e. The maximum absolute atomic E-state index is 13.0. The van der Waals surface area contributed by atoms with E-state index in [1.165, 1.54) is 23.9 Å². The van der Waals surface area contributed by atoms with Crippen LogP contribution in [-0.4, -0.2) is 11.7 Å². The summed E-state index contributed by atoms with van der Waals surface area (Å²) in [5, 5.41) is 12.8. The van der Waals surface area contributed by atoms with Crippen LogP contribution in [0.2, 0.25) is 0 Å². The Kier molecular flexibility index (Phi) is 4.80. The third-order valence-electron chi connectivity index (χ3n) is 3.08. The quantitative estimate of drug-likeness (QED) is 0.925. The number of nitrogens with one attached hydrogen (secondary N) is 1. The van der Waals surface area contributed by atoms with Gasteiger partial charge in [-0.25, -0.2) is 4.39 Å². The predicted molar refractivity (Wildman–Crippen MR) is 77.3 cm³/mol. The number of thioether (sulfide) groups is 1. The van der Waals surface area contributed by atoms with E-state index in [1.807, 2.05) is 6.92 Å². The summed E-state index contributed by atoms with van der Waals surface area (Å²) in [7, 11) is 0. The minimum absolute atomic E-state index is 0.100. The van der Waals surface area contributed by atoms with E-state index < -0.39 is 0 Å². The summed E-state index contributed by atoms with van der Waals surface area (Å²) in [5.74, 6) is 0.138. The first-order chi connectivity index (χ1) is 9.65. The van der Waals surface area contributed by atoms with Crippen molar-refractivity contribution >= 4 is 17.7 Å². The minimum atomic E-state index is -0.322. The molecule has 0 saturated heterocycles. The third kappa shape index (κ3) is 3.20. The topological polar surface area (TPSA) is 52.9 Å². The van der Waals surface area contributed by atoms with Crippen LogP contribution in [0.4, 0.5) is 4.39 Å². The number of halogens is 1. The highest BCUT2D eigenvalue weighted by Gasteiger charge is 2.29. The van der Waals surface area contributed by atoms with Gasteiger partial charge in [-0.3, -0.25) is 4.79 Å². The first kappa shape index (κ1) is 14.6. The van der Waals surface area contributed by atoms with Gasteiger partial charge in [0.25, 0.3) is 0 Å². The first-order valence-corrected chi connectivity index (χ1v) is 7.46. The van der Waals surface area contributed by atoms with Gasteiger partial charge in [0.2, 0.25) is 5.91 Å². The fourth-order valence-electron chi connectivity index (χ4n) is 2.12. The summed E-state index contributed by atoms with van der Waals surface area (Å²) < 4.78 is 13.0. The smallest absolute Gasteiger partial charge is 0.225 e. The molecule has 0 unspecified atom stereocenters. The Morgan fingerprint density at radius 3 is 2.75 bits per heavy atom. The lowest BCUT2D eigenvalue weighted by atomic mass is 9.87. The summed E-state index contributed by atoms with van der Waals surface area (Å²) in [6, 6.07) is 8.18. The van der Waals surface area contributed by atoms with Gasteiger partial charge in [0.05, 0.1) is 16.7 Å². The number of carbonyl (C=O) groups is 1. The molecule has 0 saturated carbocycles. The zero-order valence-corrected chi connectivity index (χ0v) is 12.0. The van der Waals surface area contributed by atoms with Gasteiger partial charge in [0.1, 0.15) is 5.82 Å². The van der Waals surface area contributed by atoms with E-state index in [4.69, 9.17) is 0 Å². The second-order valence-corrected chi connectivity index (χ2v) is 5.66. The molecule has 0 bridgehead atoms.